The van der Waals surface area contributed by atoms with Gasteiger partial charge in [0.1, 0.15) is 10.7 Å². The zero-order valence-electron chi connectivity index (χ0n) is 10.4. The topological polar surface area (TPSA) is 37.3 Å². The van der Waals surface area contributed by atoms with Crippen LogP contribution in [0.2, 0.25) is 0 Å². The Labute approximate surface area is 109 Å². The first-order valence-electron chi connectivity index (χ1n) is 5.51. The van der Waals surface area contributed by atoms with Crippen LogP contribution in [0.3, 0.4) is 0 Å². The molecular weight excluding hydrogens is 251 g/mol. The maximum atomic E-state index is 13.3. The highest BCUT2D eigenvalue weighted by Crippen LogP contribution is 2.36. The van der Waals surface area contributed by atoms with Crippen molar-refractivity contribution in [2.45, 2.75) is 20.8 Å². The Morgan fingerprint density at radius 3 is 2.11 bits per heavy atom. The molecule has 2 rings (SSSR count). The summed E-state index contributed by atoms with van der Waals surface area (Å²) in [6, 6.07) is 4.61. The van der Waals surface area contributed by atoms with Gasteiger partial charge in [-0.25, -0.2) is 9.18 Å². The Morgan fingerprint density at radius 2 is 1.67 bits per heavy atom. The summed E-state index contributed by atoms with van der Waals surface area (Å²) in [5, 5.41) is 9.00. The van der Waals surface area contributed by atoms with Crippen LogP contribution in [0.1, 0.15) is 26.4 Å². The largest absolute Gasteiger partial charge is 0.477 e. The summed E-state index contributed by atoms with van der Waals surface area (Å²) in [5.74, 6) is -1.19. The number of thiophene rings is 1. The zero-order chi connectivity index (χ0) is 13.4. The Hall–Kier alpha value is -1.68. The van der Waals surface area contributed by atoms with Gasteiger partial charge >= 0.3 is 5.97 Å². The summed E-state index contributed by atoms with van der Waals surface area (Å²) in [5.41, 5.74) is 3.50. The van der Waals surface area contributed by atoms with Crippen molar-refractivity contribution in [3.05, 3.63) is 45.6 Å². The van der Waals surface area contributed by atoms with Crippen LogP contribution in [-0.4, -0.2) is 11.1 Å². The van der Waals surface area contributed by atoms with E-state index in [0.29, 0.717) is 4.88 Å². The average Bonchev–Trinajstić information content (AvgIpc) is 2.59. The van der Waals surface area contributed by atoms with E-state index in [2.05, 4.69) is 0 Å². The molecule has 0 aliphatic carbocycles. The van der Waals surface area contributed by atoms with Crippen LogP contribution in [0.5, 0.6) is 0 Å². The molecule has 4 heteroatoms. The van der Waals surface area contributed by atoms with Crippen LogP contribution in [0, 0.1) is 26.6 Å². The number of hydrogen-bond donors (Lipinski definition) is 1. The predicted octanol–water partition coefficient (Wildman–Crippen LogP) is 4.18. The molecule has 2 aromatic rings. The van der Waals surface area contributed by atoms with Crippen LogP contribution in [0.4, 0.5) is 4.39 Å². The van der Waals surface area contributed by atoms with Gasteiger partial charge < -0.3 is 5.11 Å². The monoisotopic (exact) mass is 264 g/mol. The van der Waals surface area contributed by atoms with Gasteiger partial charge in [0.25, 0.3) is 0 Å². The number of carbonyl (C=O) groups is 1. The summed E-state index contributed by atoms with van der Waals surface area (Å²) in [6.07, 6.45) is 0. The zero-order valence-corrected chi connectivity index (χ0v) is 11.2. The third-order valence-corrected chi connectivity index (χ3v) is 4.10. The highest BCUT2D eigenvalue weighted by Gasteiger charge is 2.16. The number of carboxylic acids is 1. The summed E-state index contributed by atoms with van der Waals surface area (Å²) < 4.78 is 13.3. The van der Waals surface area contributed by atoms with Crippen molar-refractivity contribution in [2.24, 2.45) is 0 Å². The first kappa shape index (κ1) is 12.8. The van der Waals surface area contributed by atoms with Crippen LogP contribution < -0.4 is 0 Å². The van der Waals surface area contributed by atoms with Crippen LogP contribution >= 0.6 is 11.3 Å². The first-order chi connectivity index (χ1) is 8.40. The lowest BCUT2D eigenvalue weighted by atomic mass is 9.99. The number of hydrogen-bond acceptors (Lipinski definition) is 2. The van der Waals surface area contributed by atoms with E-state index in [9.17, 15) is 9.18 Å². The van der Waals surface area contributed by atoms with Crippen molar-refractivity contribution in [2.75, 3.05) is 0 Å². The highest BCUT2D eigenvalue weighted by molar-refractivity contribution is 7.17. The van der Waals surface area contributed by atoms with Gasteiger partial charge in [-0.05, 0) is 61.2 Å². The second-order valence-corrected chi connectivity index (χ2v) is 5.39. The molecule has 0 fully saturated rings. The van der Waals surface area contributed by atoms with Crippen LogP contribution in [0.15, 0.2) is 18.2 Å². The van der Waals surface area contributed by atoms with Crippen LogP contribution in [-0.2, 0) is 0 Å². The Balaban J connectivity index is 2.66. The molecular formula is C14H13FO2S. The molecule has 0 bridgehead atoms. The Morgan fingerprint density at radius 1 is 1.11 bits per heavy atom. The Kier molecular flexibility index (Phi) is 3.22. The van der Waals surface area contributed by atoms with Gasteiger partial charge in [-0.3, -0.25) is 0 Å². The van der Waals surface area contributed by atoms with Gasteiger partial charge in [0.15, 0.2) is 0 Å². The molecule has 0 saturated heterocycles. The van der Waals surface area contributed by atoms with Crippen molar-refractivity contribution in [3.63, 3.8) is 0 Å². The molecule has 0 radical (unpaired) electrons. The minimum absolute atomic E-state index is 0.263. The van der Waals surface area contributed by atoms with Gasteiger partial charge in [0, 0.05) is 4.88 Å². The number of carboxylic acid groups (broad SMARTS) is 1. The lowest BCUT2D eigenvalue weighted by Crippen LogP contribution is -1.90. The molecule has 0 saturated carbocycles. The fourth-order valence-electron chi connectivity index (χ4n) is 2.10. The molecule has 1 aromatic carbocycles. The molecule has 94 valence electrons. The van der Waals surface area contributed by atoms with Gasteiger partial charge in [-0.2, -0.15) is 0 Å². The number of aryl methyl sites for hydroxylation is 3. The van der Waals surface area contributed by atoms with Gasteiger partial charge in [-0.1, -0.05) is 0 Å². The molecule has 1 N–H and O–H groups in total. The van der Waals surface area contributed by atoms with E-state index in [0.717, 1.165) is 27.1 Å². The molecule has 0 amide bonds. The minimum atomic E-state index is -0.924. The van der Waals surface area contributed by atoms with E-state index in [1.807, 2.05) is 20.8 Å². The number of rotatable bonds is 2. The number of benzene rings is 1. The number of aromatic carboxylic acids is 1. The highest BCUT2D eigenvalue weighted by atomic mass is 32.1. The first-order valence-corrected chi connectivity index (χ1v) is 6.32. The van der Waals surface area contributed by atoms with E-state index >= 15 is 0 Å². The maximum Gasteiger partial charge on any atom is 0.345 e. The van der Waals surface area contributed by atoms with Gasteiger partial charge in [-0.15, -0.1) is 11.3 Å². The van der Waals surface area contributed by atoms with Crippen molar-refractivity contribution < 1.29 is 14.3 Å². The van der Waals surface area contributed by atoms with E-state index in [1.54, 1.807) is 6.07 Å². The van der Waals surface area contributed by atoms with Gasteiger partial charge in [0.2, 0.25) is 0 Å². The molecule has 1 aromatic heterocycles. The quantitative estimate of drug-likeness (QED) is 0.883. The van der Waals surface area contributed by atoms with E-state index in [-0.39, 0.29) is 5.82 Å². The molecule has 18 heavy (non-hydrogen) atoms. The van der Waals surface area contributed by atoms with E-state index in [1.165, 1.54) is 23.5 Å². The van der Waals surface area contributed by atoms with Crippen molar-refractivity contribution >= 4 is 17.3 Å². The second kappa shape index (κ2) is 4.53. The lowest BCUT2D eigenvalue weighted by molar-refractivity contribution is 0.0702. The van der Waals surface area contributed by atoms with Crippen molar-refractivity contribution in [3.8, 4) is 10.4 Å². The average molecular weight is 264 g/mol. The Bertz CT molecular complexity index is 606. The lowest BCUT2D eigenvalue weighted by Gasteiger charge is -2.09. The second-order valence-electron chi connectivity index (χ2n) is 4.34. The fourth-order valence-corrected chi connectivity index (χ4v) is 3.29. The smallest absolute Gasteiger partial charge is 0.345 e. The third kappa shape index (κ3) is 2.16. The summed E-state index contributed by atoms with van der Waals surface area (Å²) in [4.78, 5) is 12.2. The summed E-state index contributed by atoms with van der Waals surface area (Å²) >= 11 is 1.23. The van der Waals surface area contributed by atoms with Crippen LogP contribution in [0.25, 0.3) is 10.4 Å². The summed E-state index contributed by atoms with van der Waals surface area (Å²) in [6.45, 7) is 5.55. The molecule has 2 nitrogen and oxygen atoms in total. The SMILES string of the molecule is Cc1cc(C(=O)O)sc1-c1c(C)cc(F)cc1C. The van der Waals surface area contributed by atoms with E-state index in [4.69, 9.17) is 5.11 Å². The van der Waals surface area contributed by atoms with Crippen molar-refractivity contribution in [1.82, 2.24) is 0 Å². The summed E-state index contributed by atoms with van der Waals surface area (Å²) in [7, 11) is 0. The van der Waals surface area contributed by atoms with E-state index < -0.39 is 5.97 Å². The molecule has 0 spiro atoms. The minimum Gasteiger partial charge on any atom is -0.477 e. The molecule has 0 atom stereocenters. The third-order valence-electron chi connectivity index (χ3n) is 2.85. The fraction of sp³-hybridized carbons (Fsp3) is 0.214. The predicted molar refractivity (Wildman–Crippen MR) is 70.9 cm³/mol. The normalized spacial score (nSPS) is 10.7. The standard InChI is InChI=1S/C14H13FO2S/c1-7-4-10(15)5-8(2)12(7)13-9(3)6-11(18-13)14(16)17/h4-6H,1-3H3,(H,16,17). The molecule has 0 aliphatic rings. The molecule has 0 unspecified atom stereocenters. The van der Waals surface area contributed by atoms with Gasteiger partial charge in [0.05, 0.1) is 0 Å². The van der Waals surface area contributed by atoms with Crippen molar-refractivity contribution in [1.29, 1.82) is 0 Å². The maximum absolute atomic E-state index is 13.3. The molecule has 1 heterocycles. The number of halogens is 1. The molecule has 0 aliphatic heterocycles.